The van der Waals surface area contributed by atoms with E-state index in [-0.39, 0.29) is 20.6 Å². The number of hydrogen-bond donors (Lipinski definition) is 2. The van der Waals surface area contributed by atoms with E-state index < -0.39 is 35.1 Å². The molecule has 2 aromatic carbocycles. The SMILES string of the molecule is Cc1ccc(S(=O)(=O)NCC(=O)OCC(=O)Nc2c(Cl)cccc2Cl)cc1. The molecule has 0 radical (unpaired) electrons. The van der Waals surface area contributed by atoms with Crippen LogP contribution in [0.15, 0.2) is 47.4 Å². The zero-order valence-electron chi connectivity index (χ0n) is 14.2. The summed E-state index contributed by atoms with van der Waals surface area (Å²) in [7, 11) is -3.86. The normalized spacial score (nSPS) is 11.1. The van der Waals surface area contributed by atoms with Crippen molar-refractivity contribution in [2.45, 2.75) is 11.8 Å². The minimum absolute atomic E-state index is 0.0204. The van der Waals surface area contributed by atoms with Gasteiger partial charge in [-0.15, -0.1) is 0 Å². The maximum absolute atomic E-state index is 12.1. The molecule has 0 aliphatic heterocycles. The van der Waals surface area contributed by atoms with Gasteiger partial charge in [0.1, 0.15) is 6.54 Å². The van der Waals surface area contributed by atoms with E-state index in [9.17, 15) is 18.0 Å². The first-order valence-corrected chi connectivity index (χ1v) is 9.89. The Morgan fingerprint density at radius 1 is 1.04 bits per heavy atom. The molecule has 2 N–H and O–H groups in total. The summed E-state index contributed by atoms with van der Waals surface area (Å²) in [5, 5.41) is 2.88. The maximum atomic E-state index is 12.1. The Kier molecular flexibility index (Phi) is 7.20. The van der Waals surface area contributed by atoms with Gasteiger partial charge in [-0.2, -0.15) is 4.72 Å². The standard InChI is InChI=1S/C17H16Cl2N2O5S/c1-11-5-7-12(8-6-11)27(24,25)20-9-16(23)26-10-15(22)21-17-13(18)3-2-4-14(17)19/h2-8,20H,9-10H2,1H3,(H,21,22). The first-order chi connectivity index (χ1) is 12.7. The summed E-state index contributed by atoms with van der Waals surface area (Å²) in [6.07, 6.45) is 0. The van der Waals surface area contributed by atoms with Gasteiger partial charge < -0.3 is 10.1 Å². The lowest BCUT2D eigenvalue weighted by Crippen LogP contribution is -2.32. The smallest absolute Gasteiger partial charge is 0.321 e. The average molecular weight is 431 g/mol. The number of sulfonamides is 1. The average Bonchev–Trinajstić information content (AvgIpc) is 2.62. The van der Waals surface area contributed by atoms with Gasteiger partial charge in [0.15, 0.2) is 6.61 Å². The number of hydrogen-bond acceptors (Lipinski definition) is 5. The number of carbonyl (C=O) groups excluding carboxylic acids is 2. The highest BCUT2D eigenvalue weighted by molar-refractivity contribution is 7.89. The number of rotatable bonds is 7. The molecule has 0 fully saturated rings. The van der Waals surface area contributed by atoms with Crippen molar-refractivity contribution in [3.63, 3.8) is 0 Å². The van der Waals surface area contributed by atoms with Crippen molar-refractivity contribution in [3.05, 3.63) is 58.1 Å². The Morgan fingerprint density at radius 3 is 2.22 bits per heavy atom. The molecule has 10 heteroatoms. The number of amides is 1. The van der Waals surface area contributed by atoms with Crippen molar-refractivity contribution in [1.29, 1.82) is 0 Å². The summed E-state index contributed by atoms with van der Waals surface area (Å²) in [4.78, 5) is 23.5. The lowest BCUT2D eigenvalue weighted by molar-refractivity contribution is -0.146. The summed E-state index contributed by atoms with van der Waals surface area (Å²) >= 11 is 11.8. The van der Waals surface area contributed by atoms with Gasteiger partial charge in [0.25, 0.3) is 5.91 Å². The van der Waals surface area contributed by atoms with Gasteiger partial charge in [-0.1, -0.05) is 47.0 Å². The molecule has 144 valence electrons. The van der Waals surface area contributed by atoms with Crippen molar-refractivity contribution in [3.8, 4) is 0 Å². The third kappa shape index (κ3) is 6.21. The van der Waals surface area contributed by atoms with E-state index in [4.69, 9.17) is 27.9 Å². The second-order valence-corrected chi connectivity index (χ2v) is 8.02. The zero-order chi connectivity index (χ0) is 20.0. The van der Waals surface area contributed by atoms with E-state index in [1.807, 2.05) is 6.92 Å². The van der Waals surface area contributed by atoms with Gasteiger partial charge in [-0.05, 0) is 31.2 Å². The number of anilines is 1. The number of halogens is 2. The van der Waals surface area contributed by atoms with E-state index in [1.165, 1.54) is 24.3 Å². The van der Waals surface area contributed by atoms with Crippen LogP contribution in [0.2, 0.25) is 10.0 Å². The molecule has 0 spiro atoms. The molecule has 0 heterocycles. The zero-order valence-corrected chi connectivity index (χ0v) is 16.5. The number of para-hydroxylation sites is 1. The molecule has 0 saturated heterocycles. The van der Waals surface area contributed by atoms with E-state index in [1.54, 1.807) is 18.2 Å². The summed E-state index contributed by atoms with van der Waals surface area (Å²) in [6.45, 7) is 0.588. The number of benzene rings is 2. The summed E-state index contributed by atoms with van der Waals surface area (Å²) < 4.78 is 31.0. The van der Waals surface area contributed by atoms with Crippen molar-refractivity contribution in [2.75, 3.05) is 18.5 Å². The topological polar surface area (TPSA) is 102 Å². The van der Waals surface area contributed by atoms with Crippen LogP contribution in [0, 0.1) is 6.92 Å². The van der Waals surface area contributed by atoms with E-state index in [2.05, 4.69) is 10.0 Å². The van der Waals surface area contributed by atoms with Crippen LogP contribution in [0.1, 0.15) is 5.56 Å². The van der Waals surface area contributed by atoms with E-state index in [0.717, 1.165) is 5.56 Å². The second kappa shape index (κ2) is 9.18. The summed E-state index contributed by atoms with van der Waals surface area (Å²) in [5.74, 6) is -1.58. The van der Waals surface area contributed by atoms with Crippen molar-refractivity contribution < 1.29 is 22.7 Å². The first kappa shape index (κ1) is 21.2. The van der Waals surface area contributed by atoms with Crippen LogP contribution in [0.3, 0.4) is 0 Å². The number of carbonyl (C=O) groups is 2. The van der Waals surface area contributed by atoms with Crippen LogP contribution >= 0.6 is 23.2 Å². The number of esters is 1. The highest BCUT2D eigenvalue weighted by atomic mass is 35.5. The highest BCUT2D eigenvalue weighted by Crippen LogP contribution is 2.29. The fraction of sp³-hybridized carbons (Fsp3) is 0.176. The predicted octanol–water partition coefficient (Wildman–Crippen LogP) is 2.76. The molecule has 0 atom stereocenters. The predicted molar refractivity (Wildman–Crippen MR) is 102 cm³/mol. The lowest BCUT2D eigenvalue weighted by atomic mass is 10.2. The molecule has 27 heavy (non-hydrogen) atoms. The largest absolute Gasteiger partial charge is 0.455 e. The summed E-state index contributed by atoms with van der Waals surface area (Å²) in [5.41, 5.74) is 1.10. The van der Waals surface area contributed by atoms with Crippen molar-refractivity contribution in [2.24, 2.45) is 0 Å². The Labute approximate surface area is 166 Å². The highest BCUT2D eigenvalue weighted by Gasteiger charge is 2.17. The van der Waals surface area contributed by atoms with Crippen LogP contribution in [-0.2, 0) is 24.3 Å². The van der Waals surface area contributed by atoms with Gasteiger partial charge >= 0.3 is 5.97 Å². The maximum Gasteiger partial charge on any atom is 0.321 e. The molecule has 0 saturated carbocycles. The molecule has 2 rings (SSSR count). The number of ether oxygens (including phenoxy) is 1. The summed E-state index contributed by atoms with van der Waals surface area (Å²) in [6, 6.07) is 10.8. The van der Waals surface area contributed by atoms with Gasteiger partial charge in [0, 0.05) is 0 Å². The van der Waals surface area contributed by atoms with E-state index >= 15 is 0 Å². The Morgan fingerprint density at radius 2 is 1.63 bits per heavy atom. The van der Waals surface area contributed by atoms with Crippen LogP contribution < -0.4 is 10.0 Å². The fourth-order valence-electron chi connectivity index (χ4n) is 1.94. The van der Waals surface area contributed by atoms with Gasteiger partial charge in [0.2, 0.25) is 10.0 Å². The van der Waals surface area contributed by atoms with Crippen LogP contribution in [0.4, 0.5) is 5.69 Å². The minimum atomic E-state index is -3.86. The van der Waals surface area contributed by atoms with Crippen LogP contribution in [0.5, 0.6) is 0 Å². The molecule has 0 aliphatic rings. The lowest BCUT2D eigenvalue weighted by Gasteiger charge is -2.10. The van der Waals surface area contributed by atoms with Crippen LogP contribution in [-0.4, -0.2) is 33.4 Å². The first-order valence-electron chi connectivity index (χ1n) is 7.65. The fourth-order valence-corrected chi connectivity index (χ4v) is 3.41. The Bertz CT molecular complexity index is 926. The van der Waals surface area contributed by atoms with Crippen molar-refractivity contribution in [1.82, 2.24) is 4.72 Å². The van der Waals surface area contributed by atoms with Gasteiger partial charge in [-0.25, -0.2) is 8.42 Å². The van der Waals surface area contributed by atoms with Crippen LogP contribution in [0.25, 0.3) is 0 Å². The second-order valence-electron chi connectivity index (χ2n) is 5.44. The Hall–Kier alpha value is -2.13. The molecule has 7 nitrogen and oxygen atoms in total. The molecule has 0 aliphatic carbocycles. The molecule has 0 unspecified atom stereocenters. The van der Waals surface area contributed by atoms with E-state index in [0.29, 0.717) is 0 Å². The number of aryl methyl sites for hydroxylation is 1. The number of nitrogens with one attached hydrogen (secondary N) is 2. The van der Waals surface area contributed by atoms with Gasteiger partial charge in [0.05, 0.1) is 20.6 Å². The third-order valence-corrected chi connectivity index (χ3v) is 5.38. The molecule has 2 aromatic rings. The van der Waals surface area contributed by atoms with Crippen molar-refractivity contribution >= 4 is 50.8 Å². The minimum Gasteiger partial charge on any atom is -0.455 e. The van der Waals surface area contributed by atoms with Gasteiger partial charge in [-0.3, -0.25) is 9.59 Å². The monoisotopic (exact) mass is 430 g/mol. The molecular formula is C17H16Cl2N2O5S. The molecular weight excluding hydrogens is 415 g/mol. The molecule has 0 bridgehead atoms. The quantitative estimate of drug-likeness (QED) is 0.657. The molecule has 1 amide bonds. The Balaban J connectivity index is 1.84. The molecule has 0 aromatic heterocycles. The third-order valence-electron chi connectivity index (χ3n) is 3.33.